The molecule has 0 aliphatic carbocycles. The molecule has 0 atom stereocenters. The molecule has 11 heavy (non-hydrogen) atoms. The molecule has 1 aromatic rings. The van der Waals surface area contributed by atoms with Crippen molar-refractivity contribution in [2.24, 2.45) is 0 Å². The van der Waals surface area contributed by atoms with Gasteiger partial charge in [-0.3, -0.25) is 0 Å². The highest BCUT2D eigenvalue weighted by Crippen LogP contribution is 2.04. The predicted molar refractivity (Wildman–Crippen MR) is 52.7 cm³/mol. The first-order valence-electron chi connectivity index (χ1n) is 4.47. The molecule has 0 heterocycles. The summed E-state index contributed by atoms with van der Waals surface area (Å²) in [6, 6.07) is 10.7. The van der Waals surface area contributed by atoms with Gasteiger partial charge in [0.25, 0.3) is 0 Å². The van der Waals surface area contributed by atoms with Crippen LogP contribution in [-0.2, 0) is 6.42 Å². The molecular formula is C10H15B. The van der Waals surface area contributed by atoms with Gasteiger partial charge in [-0.05, 0) is 18.4 Å². The number of hydrogen-bond acceptors (Lipinski definition) is 0. The zero-order chi connectivity index (χ0) is 7.94. The first kappa shape index (κ1) is 8.38. The van der Waals surface area contributed by atoms with E-state index in [2.05, 4.69) is 38.2 Å². The van der Waals surface area contributed by atoms with E-state index in [0.29, 0.717) is 0 Å². The minimum absolute atomic E-state index is 1.24. The molecule has 1 aromatic carbocycles. The maximum atomic E-state index is 2.24. The Labute approximate surface area is 70.0 Å². The lowest BCUT2D eigenvalue weighted by Crippen LogP contribution is -1.83. The maximum Gasteiger partial charge on any atom is 0.101 e. The lowest BCUT2D eigenvalue weighted by atomic mass is 9.98. The van der Waals surface area contributed by atoms with Gasteiger partial charge in [0.15, 0.2) is 0 Å². The highest BCUT2D eigenvalue weighted by molar-refractivity contribution is 6.08. The van der Waals surface area contributed by atoms with Gasteiger partial charge in [-0.1, -0.05) is 43.1 Å². The zero-order valence-corrected chi connectivity index (χ0v) is 7.22. The van der Waals surface area contributed by atoms with Crippen LogP contribution in [0.4, 0.5) is 0 Å². The van der Waals surface area contributed by atoms with E-state index in [0.717, 1.165) is 0 Å². The molecule has 1 heteroatoms. The van der Waals surface area contributed by atoms with Gasteiger partial charge in [-0.2, -0.15) is 0 Å². The summed E-state index contributed by atoms with van der Waals surface area (Å²) in [5, 5.41) is 0. The minimum Gasteiger partial charge on any atom is -0.0810 e. The summed E-state index contributed by atoms with van der Waals surface area (Å²) in [5.41, 5.74) is 1.47. The van der Waals surface area contributed by atoms with Crippen molar-refractivity contribution in [2.45, 2.75) is 25.6 Å². The number of aryl methyl sites for hydroxylation is 1. The van der Waals surface area contributed by atoms with E-state index in [1.54, 1.807) is 0 Å². The SMILES string of the molecule is BCCCCc1ccccc1. The van der Waals surface area contributed by atoms with Crippen LogP contribution in [0.2, 0.25) is 6.32 Å². The standard InChI is InChI=1S/C10H15B/c11-9-5-4-8-10-6-2-1-3-7-10/h1-3,6-7H,4-5,8-9,11H2. The monoisotopic (exact) mass is 146 g/mol. The Morgan fingerprint density at radius 2 is 1.73 bits per heavy atom. The van der Waals surface area contributed by atoms with Crippen molar-refractivity contribution < 1.29 is 0 Å². The van der Waals surface area contributed by atoms with Crippen molar-refractivity contribution >= 4 is 7.85 Å². The Morgan fingerprint density at radius 3 is 2.36 bits per heavy atom. The van der Waals surface area contributed by atoms with E-state index in [9.17, 15) is 0 Å². The predicted octanol–water partition coefficient (Wildman–Crippen LogP) is 2.06. The summed E-state index contributed by atoms with van der Waals surface area (Å²) >= 11 is 0. The summed E-state index contributed by atoms with van der Waals surface area (Å²) in [5.74, 6) is 0. The van der Waals surface area contributed by atoms with E-state index in [1.807, 2.05) is 0 Å². The molecule has 0 N–H and O–H groups in total. The molecule has 0 unspecified atom stereocenters. The van der Waals surface area contributed by atoms with Crippen molar-refractivity contribution in [1.29, 1.82) is 0 Å². The topological polar surface area (TPSA) is 0 Å². The first-order valence-corrected chi connectivity index (χ1v) is 4.47. The van der Waals surface area contributed by atoms with Crippen molar-refractivity contribution in [1.82, 2.24) is 0 Å². The van der Waals surface area contributed by atoms with Crippen molar-refractivity contribution in [2.75, 3.05) is 0 Å². The average molecular weight is 146 g/mol. The van der Waals surface area contributed by atoms with E-state index >= 15 is 0 Å². The third-order valence-electron chi connectivity index (χ3n) is 1.91. The molecule has 0 saturated carbocycles. The van der Waals surface area contributed by atoms with Crippen molar-refractivity contribution in [3.8, 4) is 0 Å². The van der Waals surface area contributed by atoms with Crippen LogP contribution in [0.5, 0.6) is 0 Å². The van der Waals surface area contributed by atoms with Gasteiger partial charge in [0, 0.05) is 0 Å². The van der Waals surface area contributed by atoms with Gasteiger partial charge < -0.3 is 0 Å². The highest BCUT2D eigenvalue weighted by Gasteiger charge is 1.89. The van der Waals surface area contributed by atoms with Crippen LogP contribution in [0.25, 0.3) is 0 Å². The molecule has 0 aliphatic heterocycles. The Balaban J connectivity index is 2.28. The lowest BCUT2D eigenvalue weighted by molar-refractivity contribution is 0.794. The lowest BCUT2D eigenvalue weighted by Gasteiger charge is -1.98. The second kappa shape index (κ2) is 5.00. The zero-order valence-electron chi connectivity index (χ0n) is 7.22. The molecule has 0 aromatic heterocycles. The van der Waals surface area contributed by atoms with Crippen molar-refractivity contribution in [3.05, 3.63) is 35.9 Å². The quantitative estimate of drug-likeness (QED) is 0.450. The van der Waals surface area contributed by atoms with E-state index < -0.39 is 0 Å². The van der Waals surface area contributed by atoms with E-state index in [1.165, 1.54) is 31.1 Å². The smallest absolute Gasteiger partial charge is 0.0810 e. The fraction of sp³-hybridized carbons (Fsp3) is 0.400. The third-order valence-corrected chi connectivity index (χ3v) is 1.91. The Bertz CT molecular complexity index is 181. The second-order valence-corrected chi connectivity index (χ2v) is 2.94. The van der Waals surface area contributed by atoms with Crippen LogP contribution in [0.1, 0.15) is 18.4 Å². The molecule has 0 saturated heterocycles. The molecule has 0 bridgehead atoms. The Hall–Kier alpha value is -0.715. The Kier molecular flexibility index (Phi) is 3.81. The van der Waals surface area contributed by atoms with Crippen LogP contribution in [0.15, 0.2) is 30.3 Å². The number of rotatable bonds is 4. The second-order valence-electron chi connectivity index (χ2n) is 2.94. The summed E-state index contributed by atoms with van der Waals surface area (Å²) in [4.78, 5) is 0. The molecule has 58 valence electrons. The molecule has 0 fully saturated rings. The van der Waals surface area contributed by atoms with Gasteiger partial charge >= 0.3 is 0 Å². The minimum atomic E-state index is 1.24. The van der Waals surface area contributed by atoms with Crippen LogP contribution >= 0.6 is 0 Å². The maximum absolute atomic E-state index is 2.24. The van der Waals surface area contributed by atoms with Crippen molar-refractivity contribution in [3.63, 3.8) is 0 Å². The number of hydrogen-bond donors (Lipinski definition) is 0. The fourth-order valence-corrected chi connectivity index (χ4v) is 1.22. The summed E-state index contributed by atoms with van der Waals surface area (Å²) in [6.45, 7) is 0. The molecule has 0 aliphatic rings. The van der Waals surface area contributed by atoms with Gasteiger partial charge in [-0.15, -0.1) is 0 Å². The van der Waals surface area contributed by atoms with Gasteiger partial charge in [0.2, 0.25) is 0 Å². The van der Waals surface area contributed by atoms with Gasteiger partial charge in [0.05, 0.1) is 0 Å². The molecular weight excluding hydrogens is 131 g/mol. The third kappa shape index (κ3) is 3.27. The van der Waals surface area contributed by atoms with Crippen LogP contribution in [0, 0.1) is 0 Å². The van der Waals surface area contributed by atoms with Crippen LogP contribution in [0.3, 0.4) is 0 Å². The van der Waals surface area contributed by atoms with E-state index in [4.69, 9.17) is 0 Å². The largest absolute Gasteiger partial charge is 0.101 e. The van der Waals surface area contributed by atoms with Crippen LogP contribution in [-0.4, -0.2) is 7.85 Å². The van der Waals surface area contributed by atoms with Gasteiger partial charge in [-0.25, -0.2) is 0 Å². The molecule has 0 amide bonds. The number of benzene rings is 1. The number of unbranched alkanes of at least 4 members (excludes halogenated alkanes) is 1. The summed E-state index contributed by atoms with van der Waals surface area (Å²) in [6.07, 6.45) is 5.25. The molecule has 0 radical (unpaired) electrons. The first-order chi connectivity index (χ1) is 5.43. The summed E-state index contributed by atoms with van der Waals surface area (Å²) < 4.78 is 0. The van der Waals surface area contributed by atoms with Gasteiger partial charge in [0.1, 0.15) is 7.85 Å². The average Bonchev–Trinajstić information content (AvgIpc) is 2.07. The molecule has 1 rings (SSSR count). The fourth-order valence-electron chi connectivity index (χ4n) is 1.22. The molecule has 0 nitrogen and oxygen atoms in total. The van der Waals surface area contributed by atoms with E-state index in [-0.39, 0.29) is 0 Å². The molecule has 0 spiro atoms. The highest BCUT2D eigenvalue weighted by atomic mass is 13.9. The Morgan fingerprint density at radius 1 is 1.00 bits per heavy atom. The van der Waals surface area contributed by atoms with Crippen LogP contribution < -0.4 is 0 Å². The normalized spacial score (nSPS) is 9.82. The summed E-state index contributed by atoms with van der Waals surface area (Å²) in [7, 11) is 2.24.